The molecular formula is C14H16N4O. The topological polar surface area (TPSA) is 69.0 Å². The van der Waals surface area contributed by atoms with E-state index in [-0.39, 0.29) is 6.04 Å². The highest BCUT2D eigenvalue weighted by molar-refractivity contribution is 5.77. The Morgan fingerprint density at radius 2 is 2.26 bits per heavy atom. The maximum absolute atomic E-state index is 5.84. The lowest BCUT2D eigenvalue weighted by Gasteiger charge is -2.10. The number of hydrogen-bond acceptors (Lipinski definition) is 4. The molecule has 0 saturated carbocycles. The molecule has 1 atom stereocenters. The van der Waals surface area contributed by atoms with Gasteiger partial charge in [-0.3, -0.25) is 10.5 Å². The average Bonchev–Trinajstić information content (AvgIpc) is 3.05. The van der Waals surface area contributed by atoms with Crippen molar-refractivity contribution in [2.45, 2.75) is 19.5 Å². The fourth-order valence-electron chi connectivity index (χ4n) is 2.19. The van der Waals surface area contributed by atoms with Crippen LogP contribution in [0.15, 0.2) is 47.1 Å². The Balaban J connectivity index is 2.01. The minimum atomic E-state index is -0.187. The van der Waals surface area contributed by atoms with E-state index in [4.69, 9.17) is 10.3 Å². The maximum Gasteiger partial charge on any atom is 0.134 e. The Hall–Kier alpha value is -2.11. The first-order valence-electron chi connectivity index (χ1n) is 6.28. The number of fused-ring (bicyclic) bond motifs is 1. The molecule has 0 spiro atoms. The molecule has 3 rings (SSSR count). The van der Waals surface area contributed by atoms with Crippen LogP contribution in [0.1, 0.15) is 24.3 Å². The second-order valence-corrected chi connectivity index (χ2v) is 4.42. The number of hydrazine groups is 1. The molecular weight excluding hydrogens is 240 g/mol. The number of para-hydroxylation sites is 1. The molecule has 5 nitrogen and oxygen atoms in total. The third kappa shape index (κ3) is 2.14. The van der Waals surface area contributed by atoms with Crippen LogP contribution in [-0.2, 0) is 6.54 Å². The van der Waals surface area contributed by atoms with Crippen molar-refractivity contribution in [2.24, 2.45) is 5.84 Å². The number of nitrogens with one attached hydrogen (secondary N) is 1. The zero-order chi connectivity index (χ0) is 13.2. The number of nitrogens with two attached hydrogens (primary N) is 1. The summed E-state index contributed by atoms with van der Waals surface area (Å²) in [5.74, 6) is 6.45. The van der Waals surface area contributed by atoms with Gasteiger partial charge in [0.2, 0.25) is 0 Å². The minimum absolute atomic E-state index is 0.187. The largest absolute Gasteiger partial charge is 0.459 e. The lowest BCUT2D eigenvalue weighted by molar-refractivity contribution is 0.477. The summed E-state index contributed by atoms with van der Waals surface area (Å²) in [7, 11) is 0. The number of aromatic nitrogens is 2. The lowest BCUT2D eigenvalue weighted by Crippen LogP contribution is -2.28. The van der Waals surface area contributed by atoms with Gasteiger partial charge in [-0.25, -0.2) is 5.43 Å². The van der Waals surface area contributed by atoms with Gasteiger partial charge >= 0.3 is 0 Å². The predicted molar refractivity (Wildman–Crippen MR) is 73.3 cm³/mol. The SMILES string of the molecule is CCn1cc(C(NN)c2cc3ccccc3o2)cn1. The third-order valence-corrected chi connectivity index (χ3v) is 3.21. The van der Waals surface area contributed by atoms with E-state index in [2.05, 4.69) is 10.5 Å². The van der Waals surface area contributed by atoms with Gasteiger partial charge in [0.15, 0.2) is 0 Å². The molecule has 5 heteroatoms. The summed E-state index contributed by atoms with van der Waals surface area (Å²) in [6.07, 6.45) is 3.78. The van der Waals surface area contributed by atoms with Crippen molar-refractivity contribution in [2.75, 3.05) is 0 Å². The minimum Gasteiger partial charge on any atom is -0.459 e. The van der Waals surface area contributed by atoms with Gasteiger partial charge in [-0.1, -0.05) is 18.2 Å². The van der Waals surface area contributed by atoms with Gasteiger partial charge in [-0.05, 0) is 19.1 Å². The number of hydrogen-bond donors (Lipinski definition) is 2. The van der Waals surface area contributed by atoms with Crippen LogP contribution < -0.4 is 11.3 Å². The summed E-state index contributed by atoms with van der Waals surface area (Å²) >= 11 is 0. The van der Waals surface area contributed by atoms with E-state index in [9.17, 15) is 0 Å². The van der Waals surface area contributed by atoms with Crippen LogP contribution in [0.2, 0.25) is 0 Å². The highest BCUT2D eigenvalue weighted by atomic mass is 16.3. The monoisotopic (exact) mass is 256 g/mol. The molecule has 3 aromatic rings. The van der Waals surface area contributed by atoms with Gasteiger partial charge in [-0.2, -0.15) is 5.10 Å². The molecule has 98 valence electrons. The van der Waals surface area contributed by atoms with E-state index in [1.807, 2.05) is 48.1 Å². The van der Waals surface area contributed by atoms with E-state index in [0.717, 1.165) is 28.8 Å². The molecule has 0 saturated heterocycles. The summed E-state index contributed by atoms with van der Waals surface area (Å²) in [4.78, 5) is 0. The van der Waals surface area contributed by atoms with E-state index >= 15 is 0 Å². The molecule has 0 radical (unpaired) electrons. The van der Waals surface area contributed by atoms with Gasteiger partial charge in [0.05, 0.1) is 6.20 Å². The molecule has 2 heterocycles. The van der Waals surface area contributed by atoms with Crippen molar-refractivity contribution >= 4 is 11.0 Å². The summed E-state index contributed by atoms with van der Waals surface area (Å²) in [6.45, 7) is 2.88. The van der Waals surface area contributed by atoms with Crippen molar-refractivity contribution in [3.63, 3.8) is 0 Å². The van der Waals surface area contributed by atoms with Gasteiger partial charge in [0, 0.05) is 23.7 Å². The standard InChI is InChI=1S/C14H16N4O/c1-2-18-9-11(8-16-18)14(17-15)13-7-10-5-3-4-6-12(10)19-13/h3-9,14,17H,2,15H2,1H3. The first kappa shape index (κ1) is 12.0. The number of rotatable bonds is 4. The molecule has 0 aliphatic heterocycles. The Labute approximate surface area is 111 Å². The van der Waals surface area contributed by atoms with Gasteiger partial charge in [-0.15, -0.1) is 0 Å². The Kier molecular flexibility index (Phi) is 3.06. The van der Waals surface area contributed by atoms with Crippen LogP contribution in [0.5, 0.6) is 0 Å². The fourth-order valence-corrected chi connectivity index (χ4v) is 2.19. The van der Waals surface area contributed by atoms with Crippen LogP contribution in [0.4, 0.5) is 0 Å². The molecule has 0 aliphatic carbocycles. The van der Waals surface area contributed by atoms with Crippen molar-refractivity contribution < 1.29 is 4.42 Å². The lowest BCUT2D eigenvalue weighted by atomic mass is 10.1. The van der Waals surface area contributed by atoms with Crippen LogP contribution in [0, 0.1) is 0 Å². The molecule has 0 aliphatic rings. The second-order valence-electron chi connectivity index (χ2n) is 4.42. The molecule has 19 heavy (non-hydrogen) atoms. The van der Waals surface area contributed by atoms with Gasteiger partial charge < -0.3 is 4.42 Å². The van der Waals surface area contributed by atoms with Crippen LogP contribution in [-0.4, -0.2) is 9.78 Å². The predicted octanol–water partition coefficient (Wildman–Crippen LogP) is 2.20. The van der Waals surface area contributed by atoms with E-state index < -0.39 is 0 Å². The molecule has 0 amide bonds. The van der Waals surface area contributed by atoms with Crippen molar-refractivity contribution in [1.82, 2.24) is 15.2 Å². The van der Waals surface area contributed by atoms with E-state index in [1.54, 1.807) is 6.20 Å². The zero-order valence-electron chi connectivity index (χ0n) is 10.7. The quantitative estimate of drug-likeness (QED) is 0.554. The van der Waals surface area contributed by atoms with Crippen molar-refractivity contribution in [3.05, 3.63) is 54.0 Å². The number of benzene rings is 1. The summed E-state index contributed by atoms with van der Waals surface area (Å²) < 4.78 is 7.70. The second kappa shape index (κ2) is 4.87. The number of furan rings is 1. The molecule has 1 unspecified atom stereocenters. The van der Waals surface area contributed by atoms with E-state index in [0.29, 0.717) is 0 Å². The van der Waals surface area contributed by atoms with Crippen molar-refractivity contribution in [3.8, 4) is 0 Å². The molecule has 0 fully saturated rings. The molecule has 0 bridgehead atoms. The van der Waals surface area contributed by atoms with Gasteiger partial charge in [0.1, 0.15) is 17.4 Å². The third-order valence-electron chi connectivity index (χ3n) is 3.21. The summed E-state index contributed by atoms with van der Waals surface area (Å²) in [5, 5.41) is 5.33. The Bertz CT molecular complexity index is 652. The molecule has 3 N–H and O–H groups in total. The van der Waals surface area contributed by atoms with Crippen molar-refractivity contribution in [1.29, 1.82) is 0 Å². The highest BCUT2D eigenvalue weighted by Gasteiger charge is 2.18. The Morgan fingerprint density at radius 3 is 2.95 bits per heavy atom. The van der Waals surface area contributed by atoms with Crippen LogP contribution in [0.25, 0.3) is 11.0 Å². The first-order valence-corrected chi connectivity index (χ1v) is 6.28. The van der Waals surface area contributed by atoms with E-state index in [1.165, 1.54) is 0 Å². The molecule has 1 aromatic carbocycles. The number of aryl methyl sites for hydroxylation is 1. The van der Waals surface area contributed by atoms with Crippen LogP contribution in [0.3, 0.4) is 0 Å². The highest BCUT2D eigenvalue weighted by Crippen LogP contribution is 2.27. The summed E-state index contributed by atoms with van der Waals surface area (Å²) in [5.41, 5.74) is 4.64. The Morgan fingerprint density at radius 1 is 1.42 bits per heavy atom. The molecule has 2 aromatic heterocycles. The summed E-state index contributed by atoms with van der Waals surface area (Å²) in [6, 6.07) is 9.72. The fraction of sp³-hybridized carbons (Fsp3) is 0.214. The smallest absolute Gasteiger partial charge is 0.134 e. The van der Waals surface area contributed by atoms with Gasteiger partial charge in [0.25, 0.3) is 0 Å². The normalized spacial score (nSPS) is 12.9. The maximum atomic E-state index is 5.84. The zero-order valence-corrected chi connectivity index (χ0v) is 10.7. The number of nitrogens with zero attached hydrogens (tertiary/aromatic N) is 2. The van der Waals surface area contributed by atoms with Crippen LogP contribution >= 0.6 is 0 Å². The first-order chi connectivity index (χ1) is 9.31. The average molecular weight is 256 g/mol.